The molecule has 2 aliphatic rings. The Kier molecular flexibility index (Phi) is 6.07. The summed E-state index contributed by atoms with van der Waals surface area (Å²) in [7, 11) is 0. The fourth-order valence-corrected chi connectivity index (χ4v) is 3.67. The molecule has 6 nitrogen and oxygen atoms in total. The SMILES string of the molecule is O=C(NCc1ccc(N2CCCC2)nc1)c1ccccc1OCC1CCCO1. The maximum atomic E-state index is 12.7. The van der Waals surface area contributed by atoms with Gasteiger partial charge in [0.05, 0.1) is 11.7 Å². The van der Waals surface area contributed by atoms with Crippen LogP contribution >= 0.6 is 0 Å². The van der Waals surface area contributed by atoms with Crippen molar-refractivity contribution in [2.45, 2.75) is 38.3 Å². The largest absolute Gasteiger partial charge is 0.490 e. The second-order valence-corrected chi connectivity index (χ2v) is 7.34. The highest BCUT2D eigenvalue weighted by atomic mass is 16.5. The molecule has 6 heteroatoms. The standard InChI is InChI=1S/C22H27N3O3/c26-22(19-7-1-2-8-20(19)28-16-18-6-5-13-27-18)24-15-17-9-10-21(23-14-17)25-11-3-4-12-25/h1-2,7-10,14,18H,3-6,11-13,15-16H2,(H,24,26). The van der Waals surface area contributed by atoms with Crippen LogP contribution in [0, 0.1) is 0 Å². The molecular weight excluding hydrogens is 354 g/mol. The van der Waals surface area contributed by atoms with Crippen molar-refractivity contribution >= 4 is 11.7 Å². The fourth-order valence-electron chi connectivity index (χ4n) is 3.67. The summed E-state index contributed by atoms with van der Waals surface area (Å²) in [5, 5.41) is 2.97. The Labute approximate surface area is 165 Å². The normalized spacial score (nSPS) is 19.0. The number of nitrogens with one attached hydrogen (secondary N) is 1. The molecule has 2 aliphatic heterocycles. The van der Waals surface area contributed by atoms with Crippen molar-refractivity contribution in [2.75, 3.05) is 31.2 Å². The van der Waals surface area contributed by atoms with Crippen LogP contribution in [-0.4, -0.2) is 43.3 Å². The molecule has 2 aromatic rings. The Hall–Kier alpha value is -2.60. The molecule has 0 aliphatic carbocycles. The van der Waals surface area contributed by atoms with E-state index in [1.54, 1.807) is 6.07 Å². The van der Waals surface area contributed by atoms with Crippen LogP contribution in [0.25, 0.3) is 0 Å². The van der Waals surface area contributed by atoms with E-state index in [1.165, 1.54) is 12.8 Å². The van der Waals surface area contributed by atoms with Crippen LogP contribution in [-0.2, 0) is 11.3 Å². The van der Waals surface area contributed by atoms with Gasteiger partial charge in [-0.1, -0.05) is 18.2 Å². The number of anilines is 1. The first-order valence-electron chi connectivity index (χ1n) is 10.1. The number of hydrogen-bond acceptors (Lipinski definition) is 5. The number of ether oxygens (including phenoxy) is 2. The smallest absolute Gasteiger partial charge is 0.255 e. The van der Waals surface area contributed by atoms with E-state index in [1.807, 2.05) is 36.5 Å². The van der Waals surface area contributed by atoms with Crippen molar-refractivity contribution in [2.24, 2.45) is 0 Å². The lowest BCUT2D eigenvalue weighted by molar-refractivity contribution is 0.0670. The number of hydrogen-bond donors (Lipinski definition) is 1. The average Bonchev–Trinajstić information content (AvgIpc) is 3.45. The van der Waals surface area contributed by atoms with Gasteiger partial charge in [0.25, 0.3) is 5.91 Å². The minimum Gasteiger partial charge on any atom is -0.490 e. The first kappa shape index (κ1) is 18.7. The van der Waals surface area contributed by atoms with Gasteiger partial charge in [-0.05, 0) is 49.4 Å². The predicted octanol–water partition coefficient (Wildman–Crippen LogP) is 3.17. The quantitative estimate of drug-likeness (QED) is 0.798. The average molecular weight is 381 g/mol. The maximum Gasteiger partial charge on any atom is 0.255 e. The van der Waals surface area contributed by atoms with Crippen LogP contribution in [0.1, 0.15) is 41.6 Å². The summed E-state index contributed by atoms with van der Waals surface area (Å²) in [4.78, 5) is 19.5. The fraction of sp³-hybridized carbons (Fsp3) is 0.455. The Balaban J connectivity index is 1.33. The maximum absolute atomic E-state index is 12.7. The molecule has 0 radical (unpaired) electrons. The third-order valence-corrected chi connectivity index (χ3v) is 5.27. The lowest BCUT2D eigenvalue weighted by Gasteiger charge is -2.16. The second-order valence-electron chi connectivity index (χ2n) is 7.34. The highest BCUT2D eigenvalue weighted by Crippen LogP contribution is 2.21. The summed E-state index contributed by atoms with van der Waals surface area (Å²) < 4.78 is 11.5. The number of para-hydroxylation sites is 1. The van der Waals surface area contributed by atoms with E-state index < -0.39 is 0 Å². The van der Waals surface area contributed by atoms with Gasteiger partial charge in [-0.2, -0.15) is 0 Å². The topological polar surface area (TPSA) is 63.7 Å². The monoisotopic (exact) mass is 381 g/mol. The molecule has 0 spiro atoms. The number of carbonyl (C=O) groups is 1. The molecule has 4 rings (SSSR count). The van der Waals surface area contributed by atoms with Gasteiger partial charge in [-0.3, -0.25) is 4.79 Å². The Morgan fingerprint density at radius 2 is 2.04 bits per heavy atom. The third kappa shape index (κ3) is 4.62. The van der Waals surface area contributed by atoms with Crippen LogP contribution in [0.5, 0.6) is 5.75 Å². The number of aromatic nitrogens is 1. The molecule has 1 aromatic carbocycles. The lowest BCUT2D eigenvalue weighted by atomic mass is 10.1. The van der Waals surface area contributed by atoms with Crippen LogP contribution < -0.4 is 15.0 Å². The van der Waals surface area contributed by atoms with Crippen molar-refractivity contribution in [3.63, 3.8) is 0 Å². The van der Waals surface area contributed by atoms with Gasteiger partial charge >= 0.3 is 0 Å². The van der Waals surface area contributed by atoms with Crippen LogP contribution in [0.4, 0.5) is 5.82 Å². The summed E-state index contributed by atoms with van der Waals surface area (Å²) in [6.45, 7) is 3.86. The van der Waals surface area contributed by atoms with Crippen LogP contribution in [0.2, 0.25) is 0 Å². The number of nitrogens with zero attached hydrogens (tertiary/aromatic N) is 2. The summed E-state index contributed by atoms with van der Waals surface area (Å²) >= 11 is 0. The van der Waals surface area contributed by atoms with E-state index in [9.17, 15) is 4.79 Å². The van der Waals surface area contributed by atoms with E-state index in [0.717, 1.165) is 43.9 Å². The Bertz CT molecular complexity index is 782. The number of benzene rings is 1. The molecule has 1 aromatic heterocycles. The molecule has 148 valence electrons. The molecule has 1 N–H and O–H groups in total. The summed E-state index contributed by atoms with van der Waals surface area (Å²) in [5.74, 6) is 1.46. The van der Waals surface area contributed by atoms with Gasteiger partial charge in [0.15, 0.2) is 0 Å². The molecule has 28 heavy (non-hydrogen) atoms. The van der Waals surface area contributed by atoms with E-state index in [4.69, 9.17) is 9.47 Å². The highest BCUT2D eigenvalue weighted by molar-refractivity contribution is 5.96. The van der Waals surface area contributed by atoms with Gasteiger partial charge in [0, 0.05) is 32.4 Å². The van der Waals surface area contributed by atoms with Crippen molar-refractivity contribution in [1.29, 1.82) is 0 Å². The summed E-state index contributed by atoms with van der Waals surface area (Å²) in [6, 6.07) is 11.4. The number of pyridine rings is 1. The number of amides is 1. The molecule has 2 fully saturated rings. The lowest BCUT2D eigenvalue weighted by Crippen LogP contribution is -2.25. The molecule has 1 amide bonds. The van der Waals surface area contributed by atoms with Gasteiger partial charge in [0.2, 0.25) is 0 Å². The second kappa shape index (κ2) is 9.06. The van der Waals surface area contributed by atoms with Gasteiger partial charge in [-0.15, -0.1) is 0 Å². The zero-order chi connectivity index (χ0) is 19.2. The first-order chi connectivity index (χ1) is 13.8. The molecule has 0 saturated carbocycles. The summed E-state index contributed by atoms with van der Waals surface area (Å²) in [6.07, 6.45) is 6.50. The molecule has 1 atom stereocenters. The molecular formula is C22H27N3O3. The van der Waals surface area contributed by atoms with Gasteiger partial charge in [-0.25, -0.2) is 4.98 Å². The summed E-state index contributed by atoms with van der Waals surface area (Å²) in [5.41, 5.74) is 1.52. The molecule has 2 saturated heterocycles. The van der Waals surface area contributed by atoms with Gasteiger partial charge < -0.3 is 19.7 Å². The van der Waals surface area contributed by atoms with Crippen molar-refractivity contribution in [3.05, 3.63) is 53.7 Å². The zero-order valence-corrected chi connectivity index (χ0v) is 16.1. The Morgan fingerprint density at radius 1 is 1.18 bits per heavy atom. The molecule has 3 heterocycles. The Morgan fingerprint density at radius 3 is 2.79 bits per heavy atom. The van der Waals surface area contributed by atoms with E-state index >= 15 is 0 Å². The minimum atomic E-state index is -0.147. The third-order valence-electron chi connectivity index (χ3n) is 5.27. The van der Waals surface area contributed by atoms with E-state index in [0.29, 0.717) is 24.5 Å². The van der Waals surface area contributed by atoms with Crippen LogP contribution in [0.15, 0.2) is 42.6 Å². The first-order valence-corrected chi connectivity index (χ1v) is 10.1. The van der Waals surface area contributed by atoms with Crippen LogP contribution in [0.3, 0.4) is 0 Å². The molecule has 0 bridgehead atoms. The number of rotatable bonds is 7. The zero-order valence-electron chi connectivity index (χ0n) is 16.1. The highest BCUT2D eigenvalue weighted by Gasteiger charge is 2.18. The van der Waals surface area contributed by atoms with E-state index in [-0.39, 0.29) is 12.0 Å². The van der Waals surface area contributed by atoms with Crippen molar-refractivity contribution in [3.8, 4) is 5.75 Å². The predicted molar refractivity (Wildman–Crippen MR) is 108 cm³/mol. The minimum absolute atomic E-state index is 0.122. The number of carbonyl (C=O) groups excluding carboxylic acids is 1. The van der Waals surface area contributed by atoms with Crippen molar-refractivity contribution in [1.82, 2.24) is 10.3 Å². The van der Waals surface area contributed by atoms with Crippen molar-refractivity contribution < 1.29 is 14.3 Å². The van der Waals surface area contributed by atoms with E-state index in [2.05, 4.69) is 15.2 Å². The van der Waals surface area contributed by atoms with Gasteiger partial charge in [0.1, 0.15) is 18.2 Å². The molecule has 1 unspecified atom stereocenters.